The van der Waals surface area contributed by atoms with Crippen molar-refractivity contribution in [1.29, 1.82) is 0 Å². The van der Waals surface area contributed by atoms with Gasteiger partial charge in [0.2, 0.25) is 0 Å². The first-order valence-corrected chi connectivity index (χ1v) is 12.0. The van der Waals surface area contributed by atoms with Crippen LogP contribution in [-0.4, -0.2) is 34.0 Å². The minimum atomic E-state index is -4.06. The smallest absolute Gasteiger partial charge is 0.338 e. The second kappa shape index (κ2) is 10.8. The Morgan fingerprint density at radius 3 is 2.29 bits per heavy atom. The molecule has 3 rings (SSSR count). The molecular formula is C25H26N2O6S. The molecule has 0 bridgehead atoms. The van der Waals surface area contributed by atoms with Crippen LogP contribution in [0, 0.1) is 6.92 Å². The zero-order chi connectivity index (χ0) is 24.7. The van der Waals surface area contributed by atoms with Gasteiger partial charge >= 0.3 is 5.97 Å². The number of methoxy groups -OCH3 is 1. The van der Waals surface area contributed by atoms with E-state index in [1.54, 1.807) is 24.3 Å². The number of anilines is 1. The highest BCUT2D eigenvalue weighted by Crippen LogP contribution is 2.27. The van der Waals surface area contributed by atoms with Crippen molar-refractivity contribution in [3.8, 4) is 5.75 Å². The molecule has 0 radical (unpaired) electrons. The second-order valence-corrected chi connectivity index (χ2v) is 9.26. The molecule has 8 nitrogen and oxygen atoms in total. The van der Waals surface area contributed by atoms with Gasteiger partial charge < -0.3 is 14.8 Å². The van der Waals surface area contributed by atoms with E-state index < -0.39 is 28.5 Å². The van der Waals surface area contributed by atoms with Crippen LogP contribution in [0.25, 0.3) is 0 Å². The van der Waals surface area contributed by atoms with Gasteiger partial charge in [0.25, 0.3) is 15.9 Å². The molecule has 2 N–H and O–H groups in total. The van der Waals surface area contributed by atoms with Gasteiger partial charge in [-0.1, -0.05) is 48.0 Å². The van der Waals surface area contributed by atoms with Gasteiger partial charge in [-0.15, -0.1) is 0 Å². The summed E-state index contributed by atoms with van der Waals surface area (Å²) in [6, 6.07) is 19.8. The number of hydrogen-bond acceptors (Lipinski definition) is 6. The number of carbonyl (C=O) groups excluding carboxylic acids is 2. The summed E-state index contributed by atoms with van der Waals surface area (Å²) in [7, 11) is -2.74. The van der Waals surface area contributed by atoms with Crippen molar-refractivity contribution in [3.05, 3.63) is 89.5 Å². The van der Waals surface area contributed by atoms with Crippen molar-refractivity contribution in [1.82, 2.24) is 5.32 Å². The highest BCUT2D eigenvalue weighted by Gasteiger charge is 2.23. The van der Waals surface area contributed by atoms with Crippen LogP contribution in [0.3, 0.4) is 0 Å². The number of benzene rings is 3. The molecule has 178 valence electrons. The quantitative estimate of drug-likeness (QED) is 0.449. The molecule has 0 saturated heterocycles. The van der Waals surface area contributed by atoms with Crippen LogP contribution in [0.1, 0.15) is 34.5 Å². The lowest BCUT2D eigenvalue weighted by Crippen LogP contribution is -2.31. The van der Waals surface area contributed by atoms with Crippen molar-refractivity contribution < 1.29 is 27.5 Å². The monoisotopic (exact) mass is 482 g/mol. The van der Waals surface area contributed by atoms with Crippen molar-refractivity contribution in [3.63, 3.8) is 0 Å². The molecule has 1 atom stereocenters. The van der Waals surface area contributed by atoms with Gasteiger partial charge in [0, 0.05) is 5.69 Å². The molecule has 0 fully saturated rings. The number of esters is 1. The molecule has 0 aliphatic rings. The average molecular weight is 483 g/mol. The molecule has 1 amide bonds. The molecule has 0 aliphatic heterocycles. The Morgan fingerprint density at radius 1 is 0.971 bits per heavy atom. The molecule has 0 aliphatic carbocycles. The molecule has 0 unspecified atom stereocenters. The van der Waals surface area contributed by atoms with Crippen LogP contribution in [-0.2, 0) is 19.6 Å². The highest BCUT2D eigenvalue weighted by atomic mass is 32.2. The van der Waals surface area contributed by atoms with Crippen LogP contribution in [0.4, 0.5) is 5.69 Å². The normalized spacial score (nSPS) is 11.9. The molecule has 3 aromatic rings. The first-order chi connectivity index (χ1) is 16.2. The summed E-state index contributed by atoms with van der Waals surface area (Å²) in [5, 5.41) is 2.75. The van der Waals surface area contributed by atoms with E-state index in [0.717, 1.165) is 17.2 Å². The van der Waals surface area contributed by atoms with Crippen molar-refractivity contribution in [2.75, 3.05) is 18.4 Å². The number of nitrogens with one attached hydrogen (secondary N) is 2. The van der Waals surface area contributed by atoms with E-state index in [9.17, 15) is 18.0 Å². The number of amides is 1. The fraction of sp³-hybridized carbons (Fsp3) is 0.200. The third-order valence-corrected chi connectivity index (χ3v) is 6.41. The lowest BCUT2D eigenvalue weighted by Gasteiger charge is -2.15. The summed E-state index contributed by atoms with van der Waals surface area (Å²) in [6.45, 7) is 3.20. The molecule has 3 aromatic carbocycles. The number of aryl methyl sites for hydroxylation is 1. The number of carbonyl (C=O) groups is 2. The zero-order valence-corrected chi connectivity index (χ0v) is 19.9. The van der Waals surface area contributed by atoms with E-state index in [2.05, 4.69) is 10.0 Å². The summed E-state index contributed by atoms with van der Waals surface area (Å²) in [6.07, 6.45) is 0. The minimum Gasteiger partial charge on any atom is -0.495 e. The Bertz CT molecular complexity index is 1260. The van der Waals surface area contributed by atoms with Crippen molar-refractivity contribution >= 4 is 27.6 Å². The van der Waals surface area contributed by atoms with E-state index in [0.29, 0.717) is 5.69 Å². The van der Waals surface area contributed by atoms with Gasteiger partial charge in [0.15, 0.2) is 6.61 Å². The number of hydrogen-bond donors (Lipinski definition) is 2. The molecule has 34 heavy (non-hydrogen) atoms. The summed E-state index contributed by atoms with van der Waals surface area (Å²) in [4.78, 5) is 24.5. The summed E-state index contributed by atoms with van der Waals surface area (Å²) in [5.74, 6) is -1.25. The van der Waals surface area contributed by atoms with Gasteiger partial charge in [-0.2, -0.15) is 0 Å². The van der Waals surface area contributed by atoms with E-state index in [1.807, 2.05) is 44.2 Å². The highest BCUT2D eigenvalue weighted by molar-refractivity contribution is 7.92. The van der Waals surface area contributed by atoms with E-state index in [4.69, 9.17) is 9.47 Å². The lowest BCUT2D eigenvalue weighted by atomic mass is 10.1. The Kier molecular flexibility index (Phi) is 7.91. The third kappa shape index (κ3) is 6.35. The predicted molar refractivity (Wildman–Crippen MR) is 128 cm³/mol. The van der Waals surface area contributed by atoms with Gasteiger partial charge in [-0.3, -0.25) is 9.52 Å². The van der Waals surface area contributed by atoms with Gasteiger partial charge in [0.05, 0.1) is 18.7 Å². The van der Waals surface area contributed by atoms with Crippen LogP contribution >= 0.6 is 0 Å². The van der Waals surface area contributed by atoms with Gasteiger partial charge in [-0.05, 0) is 49.7 Å². The van der Waals surface area contributed by atoms with Crippen molar-refractivity contribution in [2.45, 2.75) is 24.8 Å². The number of rotatable bonds is 9. The molecule has 0 heterocycles. The SMILES string of the molecule is COc1ccc(C(=O)OCC(=O)N[C@@H](C)c2ccccc2)cc1S(=O)(=O)Nc1ccc(C)cc1. The van der Waals surface area contributed by atoms with E-state index >= 15 is 0 Å². The van der Waals surface area contributed by atoms with Crippen molar-refractivity contribution in [2.24, 2.45) is 0 Å². The third-order valence-electron chi connectivity index (χ3n) is 5.00. The fourth-order valence-corrected chi connectivity index (χ4v) is 4.42. The second-order valence-electron chi connectivity index (χ2n) is 7.61. The Balaban J connectivity index is 1.69. The maximum Gasteiger partial charge on any atom is 0.338 e. The van der Waals surface area contributed by atoms with Crippen LogP contribution in [0.2, 0.25) is 0 Å². The molecule has 0 spiro atoms. The molecule has 0 saturated carbocycles. The van der Waals surface area contributed by atoms with Crippen LogP contribution < -0.4 is 14.8 Å². The average Bonchev–Trinajstić information content (AvgIpc) is 2.84. The van der Waals surface area contributed by atoms with Crippen LogP contribution in [0.15, 0.2) is 77.7 Å². The first kappa shape index (κ1) is 24.8. The Hall–Kier alpha value is -3.85. The Morgan fingerprint density at radius 2 is 1.65 bits per heavy atom. The summed E-state index contributed by atoms with van der Waals surface area (Å²) in [5.41, 5.74) is 2.22. The number of sulfonamides is 1. The lowest BCUT2D eigenvalue weighted by molar-refractivity contribution is -0.124. The van der Waals surface area contributed by atoms with Gasteiger partial charge in [-0.25, -0.2) is 13.2 Å². The standard InChI is InChI=1S/C25H26N2O6S/c1-17-9-12-21(13-10-17)27-34(30,31)23-15-20(11-14-22(23)32-3)25(29)33-16-24(28)26-18(2)19-7-5-4-6-8-19/h4-15,18,27H,16H2,1-3H3,(H,26,28)/t18-/m0/s1. The van der Waals surface area contributed by atoms with E-state index in [1.165, 1.54) is 19.2 Å². The zero-order valence-electron chi connectivity index (χ0n) is 19.1. The predicted octanol–water partition coefficient (Wildman–Crippen LogP) is 3.84. The summed E-state index contributed by atoms with van der Waals surface area (Å²) >= 11 is 0. The minimum absolute atomic E-state index is 0.0333. The molecule has 9 heteroatoms. The first-order valence-electron chi connectivity index (χ1n) is 10.5. The largest absolute Gasteiger partial charge is 0.495 e. The topological polar surface area (TPSA) is 111 Å². The fourth-order valence-electron chi connectivity index (χ4n) is 3.17. The molecular weight excluding hydrogens is 456 g/mol. The summed E-state index contributed by atoms with van der Waals surface area (Å²) < 4.78 is 38.6. The maximum absolute atomic E-state index is 13.0. The van der Waals surface area contributed by atoms with E-state index in [-0.39, 0.29) is 22.3 Å². The number of ether oxygens (including phenoxy) is 2. The van der Waals surface area contributed by atoms with Crippen LogP contribution in [0.5, 0.6) is 5.75 Å². The maximum atomic E-state index is 13.0. The van der Waals surface area contributed by atoms with Gasteiger partial charge in [0.1, 0.15) is 10.6 Å². The molecule has 0 aromatic heterocycles. The Labute approximate surface area is 199 Å².